The van der Waals surface area contributed by atoms with Gasteiger partial charge >= 0.3 is 0 Å². The van der Waals surface area contributed by atoms with Crippen LogP contribution in [-0.4, -0.2) is 11.1 Å². The van der Waals surface area contributed by atoms with Gasteiger partial charge in [-0.15, -0.1) is 0 Å². The Kier molecular flexibility index (Phi) is 4.77. The molecule has 0 amide bonds. The molecule has 0 radical (unpaired) electrons. The van der Waals surface area contributed by atoms with Gasteiger partial charge in [-0.25, -0.2) is 0 Å². The highest BCUT2D eigenvalue weighted by Gasteiger charge is 2.04. The van der Waals surface area contributed by atoms with E-state index in [1.165, 1.54) is 5.56 Å². The number of pyridine rings is 1. The van der Waals surface area contributed by atoms with Crippen LogP contribution in [0.15, 0.2) is 53.5 Å². The van der Waals surface area contributed by atoms with Crippen LogP contribution in [0, 0.1) is 0 Å². The Balaban J connectivity index is 1.87. The minimum atomic E-state index is 0.0310. The lowest BCUT2D eigenvalue weighted by Gasteiger charge is -2.14. The topological polar surface area (TPSA) is 34.0 Å². The molecule has 3 nitrogen and oxygen atoms in total. The SMILES string of the molecule is C[C@H](NCCn1ccccc1=O)c1ccc(Cl)cc1. The fraction of sp³-hybridized carbons (Fsp3) is 0.267. The lowest BCUT2D eigenvalue weighted by Crippen LogP contribution is -2.27. The normalized spacial score (nSPS) is 12.3. The lowest BCUT2D eigenvalue weighted by atomic mass is 10.1. The van der Waals surface area contributed by atoms with E-state index >= 15 is 0 Å². The van der Waals surface area contributed by atoms with Crippen LogP contribution in [0.3, 0.4) is 0 Å². The standard InChI is InChI=1S/C15H17ClN2O/c1-12(13-5-7-14(16)8-6-13)17-9-11-18-10-3-2-4-15(18)19/h2-8,10,12,17H,9,11H2,1H3/t12-/m0/s1. The third kappa shape index (κ3) is 3.94. The zero-order valence-corrected chi connectivity index (χ0v) is 11.6. The molecule has 2 rings (SSSR count). The molecule has 2 aromatic rings. The van der Waals surface area contributed by atoms with E-state index in [0.717, 1.165) is 11.6 Å². The molecule has 1 N–H and O–H groups in total. The van der Waals surface area contributed by atoms with Crippen molar-refractivity contribution in [3.8, 4) is 0 Å². The van der Waals surface area contributed by atoms with Crippen LogP contribution in [0.2, 0.25) is 5.02 Å². The smallest absolute Gasteiger partial charge is 0.250 e. The van der Waals surface area contributed by atoms with Crippen LogP contribution in [0.25, 0.3) is 0 Å². The summed E-state index contributed by atoms with van der Waals surface area (Å²) in [5.41, 5.74) is 1.22. The number of nitrogens with zero attached hydrogens (tertiary/aromatic N) is 1. The molecule has 0 fully saturated rings. The fourth-order valence-electron chi connectivity index (χ4n) is 1.92. The number of hydrogen-bond donors (Lipinski definition) is 1. The van der Waals surface area contributed by atoms with Gasteiger partial charge in [-0.1, -0.05) is 29.8 Å². The van der Waals surface area contributed by atoms with Gasteiger partial charge in [0.15, 0.2) is 0 Å². The second-order valence-corrected chi connectivity index (χ2v) is 4.90. The summed E-state index contributed by atoms with van der Waals surface area (Å²) >= 11 is 5.86. The molecular formula is C15H17ClN2O. The molecule has 0 aliphatic heterocycles. The summed E-state index contributed by atoms with van der Waals surface area (Å²) in [5, 5.41) is 4.13. The predicted octanol–water partition coefficient (Wildman–Crippen LogP) is 2.85. The van der Waals surface area contributed by atoms with Crippen molar-refractivity contribution in [1.82, 2.24) is 9.88 Å². The molecule has 1 atom stereocenters. The van der Waals surface area contributed by atoms with E-state index in [1.54, 1.807) is 22.9 Å². The first-order chi connectivity index (χ1) is 9.16. The largest absolute Gasteiger partial charge is 0.314 e. The van der Waals surface area contributed by atoms with Gasteiger partial charge in [-0.3, -0.25) is 4.79 Å². The van der Waals surface area contributed by atoms with Gasteiger partial charge < -0.3 is 9.88 Å². The van der Waals surface area contributed by atoms with Crippen LogP contribution < -0.4 is 10.9 Å². The fourth-order valence-corrected chi connectivity index (χ4v) is 2.04. The second-order valence-electron chi connectivity index (χ2n) is 4.46. The average Bonchev–Trinajstić information content (AvgIpc) is 2.41. The first-order valence-electron chi connectivity index (χ1n) is 6.31. The van der Waals surface area contributed by atoms with Gasteiger partial charge in [0.2, 0.25) is 0 Å². The van der Waals surface area contributed by atoms with Crippen LogP contribution >= 0.6 is 11.6 Å². The molecule has 0 saturated heterocycles. The van der Waals surface area contributed by atoms with Gasteiger partial charge in [0.1, 0.15) is 0 Å². The van der Waals surface area contributed by atoms with Crippen molar-refractivity contribution >= 4 is 11.6 Å². The molecule has 0 aliphatic carbocycles. The van der Waals surface area contributed by atoms with E-state index in [2.05, 4.69) is 12.2 Å². The Morgan fingerprint density at radius 2 is 1.95 bits per heavy atom. The number of nitrogens with one attached hydrogen (secondary N) is 1. The van der Waals surface area contributed by atoms with Gasteiger partial charge in [0.25, 0.3) is 5.56 Å². The number of rotatable bonds is 5. The minimum absolute atomic E-state index is 0.0310. The highest BCUT2D eigenvalue weighted by molar-refractivity contribution is 6.30. The maximum Gasteiger partial charge on any atom is 0.250 e. The van der Waals surface area contributed by atoms with E-state index in [1.807, 2.05) is 30.3 Å². The maximum absolute atomic E-state index is 11.5. The monoisotopic (exact) mass is 276 g/mol. The first kappa shape index (κ1) is 13.8. The maximum atomic E-state index is 11.5. The van der Waals surface area contributed by atoms with Crippen molar-refractivity contribution in [3.63, 3.8) is 0 Å². The van der Waals surface area contributed by atoms with Crippen molar-refractivity contribution < 1.29 is 0 Å². The van der Waals surface area contributed by atoms with E-state index < -0.39 is 0 Å². The van der Waals surface area contributed by atoms with Crippen molar-refractivity contribution in [1.29, 1.82) is 0 Å². The van der Waals surface area contributed by atoms with E-state index in [-0.39, 0.29) is 11.6 Å². The number of benzene rings is 1. The highest BCUT2D eigenvalue weighted by atomic mass is 35.5. The average molecular weight is 277 g/mol. The number of aromatic nitrogens is 1. The van der Waals surface area contributed by atoms with Crippen molar-refractivity contribution in [2.45, 2.75) is 19.5 Å². The Labute approximate surface area is 117 Å². The summed E-state index contributed by atoms with van der Waals surface area (Å²) in [4.78, 5) is 11.5. The number of halogens is 1. The van der Waals surface area contributed by atoms with Crippen LogP contribution in [-0.2, 0) is 6.54 Å². The Hall–Kier alpha value is -1.58. The quantitative estimate of drug-likeness (QED) is 0.911. The van der Waals surface area contributed by atoms with Gasteiger partial charge in [-0.2, -0.15) is 0 Å². The molecule has 19 heavy (non-hydrogen) atoms. The Morgan fingerprint density at radius 3 is 2.63 bits per heavy atom. The van der Waals surface area contributed by atoms with Gasteiger partial charge in [-0.05, 0) is 30.7 Å². The minimum Gasteiger partial charge on any atom is -0.314 e. The van der Waals surface area contributed by atoms with E-state index in [0.29, 0.717) is 6.54 Å². The first-order valence-corrected chi connectivity index (χ1v) is 6.69. The third-order valence-corrected chi connectivity index (χ3v) is 3.32. The Bertz CT molecular complexity index is 577. The lowest BCUT2D eigenvalue weighted by molar-refractivity contribution is 0.524. The van der Waals surface area contributed by atoms with Crippen molar-refractivity contribution in [3.05, 3.63) is 69.6 Å². The van der Waals surface area contributed by atoms with Crippen LogP contribution in [0.1, 0.15) is 18.5 Å². The summed E-state index contributed by atoms with van der Waals surface area (Å²) in [5.74, 6) is 0. The van der Waals surface area contributed by atoms with Crippen molar-refractivity contribution in [2.24, 2.45) is 0 Å². The summed E-state index contributed by atoms with van der Waals surface area (Å²) in [6.07, 6.45) is 1.80. The summed E-state index contributed by atoms with van der Waals surface area (Å²) < 4.78 is 1.70. The molecule has 0 aliphatic rings. The van der Waals surface area contributed by atoms with Crippen LogP contribution in [0.5, 0.6) is 0 Å². The molecule has 0 bridgehead atoms. The third-order valence-electron chi connectivity index (χ3n) is 3.07. The Morgan fingerprint density at radius 1 is 1.21 bits per heavy atom. The molecule has 1 aromatic carbocycles. The zero-order chi connectivity index (χ0) is 13.7. The highest BCUT2D eigenvalue weighted by Crippen LogP contribution is 2.15. The van der Waals surface area contributed by atoms with Crippen molar-refractivity contribution in [2.75, 3.05) is 6.54 Å². The molecule has 0 saturated carbocycles. The van der Waals surface area contributed by atoms with Crippen LogP contribution in [0.4, 0.5) is 0 Å². The molecular weight excluding hydrogens is 260 g/mol. The van der Waals surface area contributed by atoms with Gasteiger partial charge in [0.05, 0.1) is 0 Å². The number of hydrogen-bond acceptors (Lipinski definition) is 2. The molecule has 0 unspecified atom stereocenters. The molecule has 1 aromatic heterocycles. The summed E-state index contributed by atoms with van der Waals surface area (Å²) in [6, 6.07) is 13.2. The molecule has 1 heterocycles. The predicted molar refractivity (Wildman–Crippen MR) is 78.6 cm³/mol. The molecule has 0 spiro atoms. The second kappa shape index (κ2) is 6.55. The van der Waals surface area contributed by atoms with Gasteiger partial charge in [0, 0.05) is 36.4 Å². The molecule has 100 valence electrons. The zero-order valence-electron chi connectivity index (χ0n) is 10.8. The molecule has 4 heteroatoms. The van der Waals surface area contributed by atoms with E-state index in [4.69, 9.17) is 11.6 Å². The van der Waals surface area contributed by atoms with E-state index in [9.17, 15) is 4.79 Å². The summed E-state index contributed by atoms with van der Waals surface area (Å²) in [6.45, 7) is 3.50. The summed E-state index contributed by atoms with van der Waals surface area (Å²) in [7, 11) is 0.